The number of rotatable bonds is 5. The van der Waals surface area contributed by atoms with Gasteiger partial charge in [-0.25, -0.2) is 4.98 Å². The SMILES string of the molecule is COCCC(C)C(O)c1sc(C)nc1C. The third kappa shape index (κ3) is 3.26. The van der Waals surface area contributed by atoms with Crippen molar-refractivity contribution in [2.24, 2.45) is 5.92 Å². The Morgan fingerprint density at radius 2 is 2.13 bits per heavy atom. The molecule has 0 amide bonds. The van der Waals surface area contributed by atoms with Gasteiger partial charge in [0.25, 0.3) is 0 Å². The summed E-state index contributed by atoms with van der Waals surface area (Å²) in [5.74, 6) is 0.212. The van der Waals surface area contributed by atoms with Crippen molar-refractivity contribution in [3.05, 3.63) is 15.6 Å². The van der Waals surface area contributed by atoms with Crippen LogP contribution in [0.1, 0.15) is 35.0 Å². The summed E-state index contributed by atoms with van der Waals surface area (Å²) in [4.78, 5) is 5.32. The molecule has 86 valence electrons. The van der Waals surface area contributed by atoms with E-state index in [0.717, 1.165) is 22.0 Å². The van der Waals surface area contributed by atoms with Crippen molar-refractivity contribution in [2.75, 3.05) is 13.7 Å². The van der Waals surface area contributed by atoms with Crippen LogP contribution in [-0.4, -0.2) is 23.8 Å². The van der Waals surface area contributed by atoms with E-state index in [9.17, 15) is 5.11 Å². The van der Waals surface area contributed by atoms with E-state index in [1.165, 1.54) is 0 Å². The van der Waals surface area contributed by atoms with Crippen LogP contribution in [0.15, 0.2) is 0 Å². The summed E-state index contributed by atoms with van der Waals surface area (Å²) in [5.41, 5.74) is 0.953. The van der Waals surface area contributed by atoms with Crippen molar-refractivity contribution < 1.29 is 9.84 Å². The van der Waals surface area contributed by atoms with Crippen LogP contribution in [0, 0.1) is 19.8 Å². The lowest BCUT2D eigenvalue weighted by Gasteiger charge is -2.17. The molecule has 3 nitrogen and oxygen atoms in total. The molecule has 1 N–H and O–H groups in total. The third-order valence-electron chi connectivity index (χ3n) is 2.52. The van der Waals surface area contributed by atoms with Gasteiger partial charge in [-0.3, -0.25) is 0 Å². The lowest BCUT2D eigenvalue weighted by molar-refractivity contribution is 0.0906. The quantitative estimate of drug-likeness (QED) is 0.843. The number of aromatic nitrogens is 1. The van der Waals surface area contributed by atoms with E-state index in [0.29, 0.717) is 6.61 Å². The molecule has 1 aromatic rings. The Labute approximate surface area is 95.1 Å². The Morgan fingerprint density at radius 1 is 1.47 bits per heavy atom. The molecule has 0 bridgehead atoms. The van der Waals surface area contributed by atoms with Crippen LogP contribution in [0.2, 0.25) is 0 Å². The minimum absolute atomic E-state index is 0.212. The molecule has 0 saturated heterocycles. The summed E-state index contributed by atoms with van der Waals surface area (Å²) in [7, 11) is 1.68. The lowest BCUT2D eigenvalue weighted by Crippen LogP contribution is -2.11. The molecule has 15 heavy (non-hydrogen) atoms. The number of nitrogens with zero attached hydrogens (tertiary/aromatic N) is 1. The van der Waals surface area contributed by atoms with Crippen LogP contribution >= 0.6 is 11.3 Å². The molecule has 0 radical (unpaired) electrons. The smallest absolute Gasteiger partial charge is 0.0927 e. The second-order valence-corrected chi connectivity index (χ2v) is 5.12. The van der Waals surface area contributed by atoms with Crippen LogP contribution in [-0.2, 0) is 4.74 Å². The van der Waals surface area contributed by atoms with Gasteiger partial charge in [-0.05, 0) is 26.2 Å². The Hall–Kier alpha value is -0.450. The molecule has 0 spiro atoms. The molecule has 0 aliphatic carbocycles. The predicted molar refractivity (Wildman–Crippen MR) is 62.2 cm³/mol. The predicted octanol–water partition coefficient (Wildman–Crippen LogP) is 2.47. The topological polar surface area (TPSA) is 42.4 Å². The van der Waals surface area contributed by atoms with Gasteiger partial charge in [0.15, 0.2) is 0 Å². The average molecular weight is 229 g/mol. The fourth-order valence-corrected chi connectivity index (χ4v) is 2.59. The highest BCUT2D eigenvalue weighted by Gasteiger charge is 2.20. The number of thiazole rings is 1. The Kier molecular flexibility index (Phi) is 4.70. The Morgan fingerprint density at radius 3 is 2.60 bits per heavy atom. The molecule has 1 heterocycles. The highest BCUT2D eigenvalue weighted by atomic mass is 32.1. The van der Waals surface area contributed by atoms with Gasteiger partial charge in [0.1, 0.15) is 0 Å². The number of methoxy groups -OCH3 is 1. The number of ether oxygens (including phenoxy) is 1. The standard InChI is InChI=1S/C11H19NO2S/c1-7(5-6-14-4)10(13)11-8(2)12-9(3)15-11/h7,10,13H,5-6H2,1-4H3. The van der Waals surface area contributed by atoms with Gasteiger partial charge >= 0.3 is 0 Å². The molecular formula is C11H19NO2S. The number of aryl methyl sites for hydroxylation is 2. The molecule has 0 saturated carbocycles. The minimum atomic E-state index is -0.411. The van der Waals surface area contributed by atoms with Crippen molar-refractivity contribution in [1.82, 2.24) is 4.98 Å². The second kappa shape index (κ2) is 5.58. The first kappa shape index (κ1) is 12.6. The molecular weight excluding hydrogens is 210 g/mol. The highest BCUT2D eigenvalue weighted by Crippen LogP contribution is 2.31. The van der Waals surface area contributed by atoms with E-state index >= 15 is 0 Å². The lowest BCUT2D eigenvalue weighted by atomic mass is 9.99. The zero-order chi connectivity index (χ0) is 11.4. The number of aliphatic hydroxyl groups excluding tert-OH is 1. The summed E-state index contributed by atoms with van der Waals surface area (Å²) >= 11 is 1.58. The molecule has 4 heteroatoms. The van der Waals surface area contributed by atoms with Gasteiger partial charge in [-0.1, -0.05) is 6.92 Å². The van der Waals surface area contributed by atoms with Crippen molar-refractivity contribution in [3.8, 4) is 0 Å². The number of aliphatic hydroxyl groups is 1. The maximum atomic E-state index is 10.1. The Balaban J connectivity index is 2.66. The van der Waals surface area contributed by atoms with Gasteiger partial charge in [0.05, 0.1) is 21.7 Å². The van der Waals surface area contributed by atoms with E-state index in [1.54, 1.807) is 18.4 Å². The highest BCUT2D eigenvalue weighted by molar-refractivity contribution is 7.11. The van der Waals surface area contributed by atoms with Crippen LogP contribution in [0.4, 0.5) is 0 Å². The van der Waals surface area contributed by atoms with E-state index in [2.05, 4.69) is 4.98 Å². The van der Waals surface area contributed by atoms with Gasteiger partial charge in [0.2, 0.25) is 0 Å². The van der Waals surface area contributed by atoms with Crippen molar-refractivity contribution >= 4 is 11.3 Å². The monoisotopic (exact) mass is 229 g/mol. The molecule has 0 aliphatic rings. The summed E-state index contributed by atoms with van der Waals surface area (Å²) in [6.07, 6.45) is 0.458. The van der Waals surface area contributed by atoms with Crippen LogP contribution in [0.5, 0.6) is 0 Å². The van der Waals surface area contributed by atoms with Gasteiger partial charge in [0, 0.05) is 13.7 Å². The number of hydrogen-bond donors (Lipinski definition) is 1. The fourth-order valence-electron chi connectivity index (χ4n) is 1.54. The third-order valence-corrected chi connectivity index (χ3v) is 3.67. The largest absolute Gasteiger partial charge is 0.387 e. The molecule has 1 rings (SSSR count). The van der Waals surface area contributed by atoms with Gasteiger partial charge < -0.3 is 9.84 Å². The minimum Gasteiger partial charge on any atom is -0.387 e. The van der Waals surface area contributed by atoms with Crippen LogP contribution in [0.3, 0.4) is 0 Å². The summed E-state index contributed by atoms with van der Waals surface area (Å²) in [6.45, 7) is 6.64. The Bertz CT molecular complexity index is 312. The number of hydrogen-bond acceptors (Lipinski definition) is 4. The van der Waals surface area contributed by atoms with Crippen molar-refractivity contribution in [2.45, 2.75) is 33.3 Å². The summed E-state index contributed by atoms with van der Waals surface area (Å²) in [6, 6.07) is 0. The van der Waals surface area contributed by atoms with E-state index < -0.39 is 6.10 Å². The zero-order valence-corrected chi connectivity index (χ0v) is 10.6. The first-order chi connectivity index (χ1) is 7.06. The van der Waals surface area contributed by atoms with Crippen LogP contribution in [0.25, 0.3) is 0 Å². The van der Waals surface area contributed by atoms with E-state index in [1.807, 2.05) is 20.8 Å². The molecule has 0 fully saturated rings. The molecule has 0 aromatic carbocycles. The molecule has 2 unspecified atom stereocenters. The van der Waals surface area contributed by atoms with Gasteiger partial charge in [-0.15, -0.1) is 11.3 Å². The zero-order valence-electron chi connectivity index (χ0n) is 9.78. The maximum absolute atomic E-state index is 10.1. The van der Waals surface area contributed by atoms with Crippen molar-refractivity contribution in [3.63, 3.8) is 0 Å². The van der Waals surface area contributed by atoms with Gasteiger partial charge in [-0.2, -0.15) is 0 Å². The van der Waals surface area contributed by atoms with Crippen molar-refractivity contribution in [1.29, 1.82) is 0 Å². The molecule has 0 aliphatic heterocycles. The summed E-state index contributed by atoms with van der Waals surface area (Å²) < 4.78 is 5.01. The summed E-state index contributed by atoms with van der Waals surface area (Å²) in [5, 5.41) is 11.1. The average Bonchev–Trinajstić information content (AvgIpc) is 2.53. The van der Waals surface area contributed by atoms with E-state index in [4.69, 9.17) is 4.74 Å². The van der Waals surface area contributed by atoms with E-state index in [-0.39, 0.29) is 5.92 Å². The first-order valence-electron chi connectivity index (χ1n) is 5.17. The van der Waals surface area contributed by atoms with Crippen LogP contribution < -0.4 is 0 Å². The fraction of sp³-hybridized carbons (Fsp3) is 0.727. The first-order valence-corrected chi connectivity index (χ1v) is 5.98. The molecule has 2 atom stereocenters. The second-order valence-electron chi connectivity index (χ2n) is 3.89. The molecule has 1 aromatic heterocycles. The maximum Gasteiger partial charge on any atom is 0.0927 e. The normalized spacial score (nSPS) is 15.3.